The highest BCUT2D eigenvalue weighted by atomic mass is 35.5. The summed E-state index contributed by atoms with van der Waals surface area (Å²) in [5, 5.41) is 7.73. The maximum atomic E-state index is 6.17. The van der Waals surface area contributed by atoms with E-state index in [1.165, 1.54) is 5.56 Å². The van der Waals surface area contributed by atoms with Gasteiger partial charge in [0.15, 0.2) is 0 Å². The van der Waals surface area contributed by atoms with Gasteiger partial charge in [-0.1, -0.05) is 11.6 Å². The van der Waals surface area contributed by atoms with Crippen molar-refractivity contribution in [3.05, 3.63) is 44.8 Å². The molecule has 3 nitrogen and oxygen atoms in total. The molecule has 0 N–H and O–H groups in total. The summed E-state index contributed by atoms with van der Waals surface area (Å²) in [6.07, 6.45) is 0. The van der Waals surface area contributed by atoms with E-state index < -0.39 is 0 Å². The number of hydrogen-bond donors (Lipinski definition) is 0. The van der Waals surface area contributed by atoms with Crippen LogP contribution in [-0.2, 0) is 13.1 Å². The first-order valence-corrected chi connectivity index (χ1v) is 8.01. The Balaban J connectivity index is 1.77. The van der Waals surface area contributed by atoms with Crippen LogP contribution in [0.15, 0.2) is 28.3 Å². The second-order valence-corrected chi connectivity index (χ2v) is 6.41. The van der Waals surface area contributed by atoms with Crippen molar-refractivity contribution in [2.24, 2.45) is 0 Å². The molecule has 3 aromatic rings. The minimum atomic E-state index is 0.546. The van der Waals surface area contributed by atoms with Gasteiger partial charge in [0.1, 0.15) is 15.8 Å². The lowest BCUT2D eigenvalue weighted by Gasteiger charge is -2.14. The molecule has 0 bridgehead atoms. The highest BCUT2D eigenvalue weighted by molar-refractivity contribution is 7.16. The van der Waals surface area contributed by atoms with Crippen LogP contribution in [0.2, 0.25) is 5.15 Å². The Kier molecular flexibility index (Phi) is 3.79. The largest absolute Gasteiger partial charge is 0.295 e. The van der Waals surface area contributed by atoms with Gasteiger partial charge in [-0.3, -0.25) is 4.90 Å². The fourth-order valence-corrected chi connectivity index (χ4v) is 3.67. The van der Waals surface area contributed by atoms with Gasteiger partial charge in [-0.2, -0.15) is 11.3 Å². The van der Waals surface area contributed by atoms with Crippen LogP contribution in [0, 0.1) is 0 Å². The highest BCUT2D eigenvalue weighted by Gasteiger charge is 2.09. The summed E-state index contributed by atoms with van der Waals surface area (Å²) >= 11 is 9.48. The first-order valence-electron chi connectivity index (χ1n) is 5.81. The molecule has 0 spiro atoms. The molecule has 0 saturated carbocycles. The molecule has 0 fully saturated rings. The molecule has 0 unspecified atom stereocenters. The van der Waals surface area contributed by atoms with Crippen LogP contribution in [0.5, 0.6) is 0 Å². The monoisotopic (exact) mass is 309 g/mol. The van der Waals surface area contributed by atoms with E-state index in [-0.39, 0.29) is 0 Å². The molecular formula is C13H12ClN3S2. The molecule has 0 amide bonds. The molecule has 6 heteroatoms. The summed E-state index contributed by atoms with van der Waals surface area (Å²) in [5.41, 5.74) is 1.32. The van der Waals surface area contributed by atoms with Gasteiger partial charge in [0.2, 0.25) is 0 Å². The fraction of sp³-hybridized carbons (Fsp3) is 0.231. The zero-order chi connectivity index (χ0) is 13.2. The van der Waals surface area contributed by atoms with E-state index in [0.29, 0.717) is 11.7 Å². The van der Waals surface area contributed by atoms with Gasteiger partial charge < -0.3 is 0 Å². The summed E-state index contributed by atoms with van der Waals surface area (Å²) in [6.45, 7) is 1.59. The first kappa shape index (κ1) is 13.0. The lowest BCUT2D eigenvalue weighted by Crippen LogP contribution is -2.18. The Morgan fingerprint density at radius 1 is 1.21 bits per heavy atom. The maximum Gasteiger partial charge on any atom is 0.145 e. The summed E-state index contributed by atoms with van der Waals surface area (Å²) in [4.78, 5) is 12.1. The van der Waals surface area contributed by atoms with Crippen LogP contribution in [0.4, 0.5) is 0 Å². The standard InChI is InChI=1S/C13H12ClN3S2/c1-17(6-9-2-4-18-8-9)7-11-15-12(14)10-3-5-19-13(10)16-11/h2-5,8H,6-7H2,1H3. The first-order chi connectivity index (χ1) is 9.22. The number of nitrogens with zero attached hydrogens (tertiary/aromatic N) is 3. The van der Waals surface area contributed by atoms with Gasteiger partial charge in [-0.25, -0.2) is 9.97 Å². The number of fused-ring (bicyclic) bond motifs is 1. The van der Waals surface area contributed by atoms with Crippen LogP contribution in [0.1, 0.15) is 11.4 Å². The van der Waals surface area contributed by atoms with Crippen molar-refractivity contribution in [2.45, 2.75) is 13.1 Å². The Hall–Kier alpha value is -1.01. The molecule has 0 radical (unpaired) electrons. The third kappa shape index (κ3) is 2.95. The lowest BCUT2D eigenvalue weighted by molar-refractivity contribution is 0.311. The number of thiophene rings is 2. The van der Waals surface area contributed by atoms with Crippen LogP contribution in [0.3, 0.4) is 0 Å². The Morgan fingerprint density at radius 3 is 2.89 bits per heavy atom. The van der Waals surface area contributed by atoms with Crippen molar-refractivity contribution in [1.29, 1.82) is 0 Å². The minimum absolute atomic E-state index is 0.546. The molecule has 0 saturated heterocycles. The normalized spacial score (nSPS) is 11.5. The Bertz CT molecular complexity index is 678. The molecule has 3 rings (SSSR count). The smallest absolute Gasteiger partial charge is 0.145 e. The molecule has 3 heterocycles. The predicted octanol–water partition coefficient (Wildman–Crippen LogP) is 4.04. The molecule has 0 aliphatic carbocycles. The van der Waals surface area contributed by atoms with E-state index in [4.69, 9.17) is 11.6 Å². The van der Waals surface area contributed by atoms with Crippen molar-refractivity contribution in [1.82, 2.24) is 14.9 Å². The highest BCUT2D eigenvalue weighted by Crippen LogP contribution is 2.25. The molecule has 19 heavy (non-hydrogen) atoms. The average molecular weight is 310 g/mol. The van der Waals surface area contributed by atoms with Crippen molar-refractivity contribution in [3.8, 4) is 0 Å². The van der Waals surface area contributed by atoms with E-state index in [1.54, 1.807) is 22.7 Å². The van der Waals surface area contributed by atoms with Crippen LogP contribution < -0.4 is 0 Å². The van der Waals surface area contributed by atoms with Crippen LogP contribution in [0.25, 0.3) is 10.2 Å². The quantitative estimate of drug-likeness (QED) is 0.681. The van der Waals surface area contributed by atoms with Crippen molar-refractivity contribution in [3.63, 3.8) is 0 Å². The van der Waals surface area contributed by atoms with E-state index in [0.717, 1.165) is 22.6 Å². The Morgan fingerprint density at radius 2 is 2.11 bits per heavy atom. The number of aromatic nitrogens is 2. The van der Waals surface area contributed by atoms with E-state index in [1.807, 2.05) is 11.4 Å². The summed E-state index contributed by atoms with van der Waals surface area (Å²) in [6, 6.07) is 4.10. The van der Waals surface area contributed by atoms with E-state index >= 15 is 0 Å². The maximum absolute atomic E-state index is 6.17. The van der Waals surface area contributed by atoms with Gasteiger partial charge in [0, 0.05) is 11.9 Å². The second-order valence-electron chi connectivity index (χ2n) is 4.37. The topological polar surface area (TPSA) is 29.0 Å². The predicted molar refractivity (Wildman–Crippen MR) is 81.9 cm³/mol. The zero-order valence-corrected chi connectivity index (χ0v) is 12.7. The number of rotatable bonds is 4. The zero-order valence-electron chi connectivity index (χ0n) is 10.3. The molecular weight excluding hydrogens is 298 g/mol. The Labute approximate surface area is 124 Å². The summed E-state index contributed by atoms with van der Waals surface area (Å²) < 4.78 is 0. The van der Waals surface area contributed by atoms with Crippen LogP contribution >= 0.6 is 34.3 Å². The summed E-state index contributed by atoms with van der Waals surface area (Å²) in [5.74, 6) is 0.776. The van der Waals surface area contributed by atoms with Gasteiger partial charge in [0.05, 0.1) is 6.54 Å². The van der Waals surface area contributed by atoms with Gasteiger partial charge >= 0.3 is 0 Å². The SMILES string of the molecule is CN(Cc1ccsc1)Cc1nc(Cl)c2ccsc2n1. The number of hydrogen-bond acceptors (Lipinski definition) is 5. The van der Waals surface area contributed by atoms with E-state index in [9.17, 15) is 0 Å². The molecule has 0 aromatic carbocycles. The van der Waals surface area contributed by atoms with Crippen molar-refractivity contribution in [2.75, 3.05) is 7.05 Å². The minimum Gasteiger partial charge on any atom is -0.295 e. The third-order valence-electron chi connectivity index (χ3n) is 2.77. The molecule has 0 aliphatic rings. The molecule has 98 valence electrons. The summed E-state index contributed by atoms with van der Waals surface area (Å²) in [7, 11) is 2.06. The van der Waals surface area contributed by atoms with Crippen molar-refractivity contribution < 1.29 is 0 Å². The van der Waals surface area contributed by atoms with Crippen molar-refractivity contribution >= 4 is 44.5 Å². The fourth-order valence-electron chi connectivity index (χ4n) is 1.92. The van der Waals surface area contributed by atoms with Gasteiger partial charge in [0.25, 0.3) is 0 Å². The molecule has 0 atom stereocenters. The number of halogens is 1. The molecule has 0 aliphatic heterocycles. The average Bonchev–Trinajstić information content (AvgIpc) is 2.99. The lowest BCUT2D eigenvalue weighted by atomic mass is 10.3. The molecule has 3 aromatic heterocycles. The second kappa shape index (κ2) is 5.54. The van der Waals surface area contributed by atoms with E-state index in [2.05, 4.69) is 38.7 Å². The van der Waals surface area contributed by atoms with Gasteiger partial charge in [-0.05, 0) is 40.9 Å². The van der Waals surface area contributed by atoms with Gasteiger partial charge in [-0.15, -0.1) is 11.3 Å². The van der Waals surface area contributed by atoms with Crippen LogP contribution in [-0.4, -0.2) is 21.9 Å². The third-order valence-corrected chi connectivity index (χ3v) is 4.60.